The number of hydrogen-bond donors (Lipinski definition) is 2. The van der Waals surface area contributed by atoms with Gasteiger partial charge < -0.3 is 15.2 Å². The van der Waals surface area contributed by atoms with Gasteiger partial charge in [-0.3, -0.25) is 9.69 Å². The number of carbonyl (C=O) groups is 1. The van der Waals surface area contributed by atoms with Crippen molar-refractivity contribution in [3.63, 3.8) is 0 Å². The van der Waals surface area contributed by atoms with Crippen molar-refractivity contribution in [2.45, 2.75) is 52.4 Å². The molecule has 2 N–H and O–H groups in total. The number of aliphatic hydroxyl groups excluding tert-OH is 1. The topological polar surface area (TPSA) is 61.8 Å². The van der Waals surface area contributed by atoms with Gasteiger partial charge in [0.1, 0.15) is 6.10 Å². The standard InChI is InChI=1S/C15H21NO2.C6H13NO/c1-12-10-16(9-8-15(12)18-13(2)17)11-14-6-4-3-5-7-14;1-5-4-7-3-2-6(5)8/h3-7,12,15H,8-11H2,1-2H3;5-8H,2-4H2,1H3. The molecule has 4 unspecified atom stereocenters. The first-order valence-electron chi connectivity index (χ1n) is 9.78. The lowest BCUT2D eigenvalue weighted by molar-refractivity contribution is -0.151. The van der Waals surface area contributed by atoms with E-state index in [0.717, 1.165) is 45.6 Å². The highest BCUT2D eigenvalue weighted by Gasteiger charge is 2.28. The first-order chi connectivity index (χ1) is 12.5. The van der Waals surface area contributed by atoms with Gasteiger partial charge in [-0.15, -0.1) is 0 Å². The van der Waals surface area contributed by atoms with Gasteiger partial charge in [0.2, 0.25) is 0 Å². The summed E-state index contributed by atoms with van der Waals surface area (Å²) < 4.78 is 5.34. The van der Waals surface area contributed by atoms with E-state index in [1.54, 1.807) is 0 Å². The number of piperidine rings is 2. The molecule has 5 nitrogen and oxygen atoms in total. The first-order valence-corrected chi connectivity index (χ1v) is 9.78. The highest BCUT2D eigenvalue weighted by Crippen LogP contribution is 2.21. The molecule has 1 aromatic rings. The third-order valence-electron chi connectivity index (χ3n) is 5.22. The Balaban J connectivity index is 0.000000254. The number of carbonyl (C=O) groups excluding carboxylic acids is 1. The Hall–Kier alpha value is -1.43. The van der Waals surface area contributed by atoms with Gasteiger partial charge in [-0.1, -0.05) is 44.2 Å². The number of ether oxygens (including phenoxy) is 1. The molecule has 0 saturated carbocycles. The van der Waals surface area contributed by atoms with Gasteiger partial charge in [0.25, 0.3) is 0 Å². The third kappa shape index (κ3) is 7.06. The van der Waals surface area contributed by atoms with Gasteiger partial charge in [-0.25, -0.2) is 0 Å². The quantitative estimate of drug-likeness (QED) is 0.809. The monoisotopic (exact) mass is 362 g/mol. The van der Waals surface area contributed by atoms with Gasteiger partial charge in [-0.05, 0) is 30.9 Å². The minimum Gasteiger partial charge on any atom is -0.462 e. The van der Waals surface area contributed by atoms with Crippen LogP contribution in [0.1, 0.15) is 39.2 Å². The van der Waals surface area contributed by atoms with E-state index >= 15 is 0 Å². The Morgan fingerprint density at radius 1 is 1.23 bits per heavy atom. The van der Waals surface area contributed by atoms with E-state index in [2.05, 4.69) is 48.3 Å². The molecular weight excluding hydrogens is 328 g/mol. The molecule has 0 radical (unpaired) electrons. The van der Waals surface area contributed by atoms with Gasteiger partial charge in [0, 0.05) is 39.0 Å². The van der Waals surface area contributed by atoms with Crippen molar-refractivity contribution in [2.24, 2.45) is 11.8 Å². The molecule has 2 aliphatic rings. The van der Waals surface area contributed by atoms with E-state index in [-0.39, 0.29) is 18.2 Å². The lowest BCUT2D eigenvalue weighted by Crippen LogP contribution is -2.43. The zero-order chi connectivity index (χ0) is 18.9. The minimum absolute atomic E-state index is 0.0590. The summed E-state index contributed by atoms with van der Waals surface area (Å²) in [4.78, 5) is 13.4. The van der Waals surface area contributed by atoms with Crippen molar-refractivity contribution in [3.05, 3.63) is 35.9 Å². The van der Waals surface area contributed by atoms with Crippen LogP contribution in [0.2, 0.25) is 0 Å². The van der Waals surface area contributed by atoms with E-state index in [0.29, 0.717) is 11.8 Å². The van der Waals surface area contributed by atoms with Gasteiger partial charge in [0.15, 0.2) is 0 Å². The Morgan fingerprint density at radius 3 is 2.50 bits per heavy atom. The molecule has 0 bridgehead atoms. The summed E-state index contributed by atoms with van der Waals surface area (Å²) in [5.74, 6) is 0.693. The molecule has 26 heavy (non-hydrogen) atoms. The smallest absolute Gasteiger partial charge is 0.302 e. The van der Waals surface area contributed by atoms with Crippen LogP contribution in [0.15, 0.2) is 30.3 Å². The Bertz CT molecular complexity index is 527. The van der Waals surface area contributed by atoms with Crippen molar-refractivity contribution in [2.75, 3.05) is 26.2 Å². The average Bonchev–Trinajstić information content (AvgIpc) is 2.61. The molecule has 0 aromatic heterocycles. The molecule has 2 aliphatic heterocycles. The van der Waals surface area contributed by atoms with Crippen molar-refractivity contribution in [1.82, 2.24) is 10.2 Å². The van der Waals surface area contributed by atoms with Crippen molar-refractivity contribution in [1.29, 1.82) is 0 Å². The number of aliphatic hydroxyl groups is 1. The molecular formula is C21H34N2O3. The maximum absolute atomic E-state index is 11.0. The molecule has 146 valence electrons. The lowest BCUT2D eigenvalue weighted by atomic mass is 9.96. The predicted octanol–water partition coefficient (Wildman–Crippen LogP) is 2.44. The second-order valence-electron chi connectivity index (χ2n) is 7.67. The maximum Gasteiger partial charge on any atom is 0.302 e. The van der Waals surface area contributed by atoms with E-state index in [1.807, 2.05) is 6.07 Å². The molecule has 5 heteroatoms. The fourth-order valence-corrected chi connectivity index (χ4v) is 3.58. The maximum atomic E-state index is 11.0. The Kier molecular flexibility index (Phi) is 8.55. The summed E-state index contributed by atoms with van der Waals surface area (Å²) in [6.07, 6.45) is 1.89. The van der Waals surface area contributed by atoms with E-state index in [4.69, 9.17) is 9.84 Å². The van der Waals surface area contributed by atoms with Crippen LogP contribution in [-0.4, -0.2) is 54.4 Å². The second kappa shape index (κ2) is 10.7. The molecule has 0 spiro atoms. The number of hydrogen-bond acceptors (Lipinski definition) is 5. The molecule has 2 heterocycles. The summed E-state index contributed by atoms with van der Waals surface area (Å²) in [6, 6.07) is 10.5. The lowest BCUT2D eigenvalue weighted by Gasteiger charge is -2.36. The molecule has 1 aromatic carbocycles. The van der Waals surface area contributed by atoms with Crippen molar-refractivity contribution in [3.8, 4) is 0 Å². The Morgan fingerprint density at radius 2 is 1.96 bits per heavy atom. The van der Waals surface area contributed by atoms with Crippen LogP contribution in [0.25, 0.3) is 0 Å². The molecule has 3 rings (SSSR count). The van der Waals surface area contributed by atoms with Crippen LogP contribution in [0, 0.1) is 11.8 Å². The zero-order valence-corrected chi connectivity index (χ0v) is 16.4. The molecule has 2 saturated heterocycles. The van der Waals surface area contributed by atoms with Crippen LogP contribution in [0.3, 0.4) is 0 Å². The fraction of sp³-hybridized carbons (Fsp3) is 0.667. The number of nitrogens with one attached hydrogen (secondary N) is 1. The van der Waals surface area contributed by atoms with Crippen LogP contribution in [-0.2, 0) is 16.1 Å². The summed E-state index contributed by atoms with van der Waals surface area (Å²) in [5.41, 5.74) is 1.34. The van der Waals surface area contributed by atoms with Crippen LogP contribution in [0.4, 0.5) is 0 Å². The second-order valence-corrected chi connectivity index (χ2v) is 7.67. The SMILES string of the molecule is CC(=O)OC1CCN(Cc2ccccc2)CC1C.CC1CNCCC1O. The van der Waals surface area contributed by atoms with Crippen molar-refractivity contribution >= 4 is 5.97 Å². The van der Waals surface area contributed by atoms with E-state index in [9.17, 15) is 4.79 Å². The summed E-state index contributed by atoms with van der Waals surface area (Å²) in [6.45, 7) is 10.6. The minimum atomic E-state index is -0.164. The number of likely N-dealkylation sites (tertiary alicyclic amines) is 1. The van der Waals surface area contributed by atoms with Crippen LogP contribution in [0.5, 0.6) is 0 Å². The average molecular weight is 363 g/mol. The number of benzene rings is 1. The van der Waals surface area contributed by atoms with Gasteiger partial charge in [0.05, 0.1) is 6.10 Å². The zero-order valence-electron chi connectivity index (χ0n) is 16.4. The summed E-state index contributed by atoms with van der Waals surface area (Å²) in [5, 5.41) is 12.3. The first kappa shape index (κ1) is 20.9. The van der Waals surface area contributed by atoms with Crippen LogP contribution >= 0.6 is 0 Å². The molecule has 0 amide bonds. The van der Waals surface area contributed by atoms with Gasteiger partial charge in [-0.2, -0.15) is 0 Å². The summed E-state index contributed by atoms with van der Waals surface area (Å²) in [7, 11) is 0. The van der Waals surface area contributed by atoms with Crippen LogP contribution < -0.4 is 5.32 Å². The van der Waals surface area contributed by atoms with Gasteiger partial charge >= 0.3 is 5.97 Å². The van der Waals surface area contributed by atoms with Crippen molar-refractivity contribution < 1.29 is 14.6 Å². The Labute approximate surface area is 157 Å². The third-order valence-corrected chi connectivity index (χ3v) is 5.22. The largest absolute Gasteiger partial charge is 0.462 e. The normalized spacial score (nSPS) is 29.4. The molecule has 4 atom stereocenters. The fourth-order valence-electron chi connectivity index (χ4n) is 3.58. The number of esters is 1. The number of nitrogens with zero attached hydrogens (tertiary/aromatic N) is 1. The molecule has 2 fully saturated rings. The predicted molar refractivity (Wildman–Crippen MR) is 104 cm³/mol. The molecule has 0 aliphatic carbocycles. The highest BCUT2D eigenvalue weighted by molar-refractivity contribution is 5.66. The number of rotatable bonds is 3. The highest BCUT2D eigenvalue weighted by atomic mass is 16.5. The summed E-state index contributed by atoms with van der Waals surface area (Å²) >= 11 is 0. The van der Waals surface area contributed by atoms with E-state index < -0.39 is 0 Å². The van der Waals surface area contributed by atoms with E-state index in [1.165, 1.54) is 12.5 Å².